The summed E-state index contributed by atoms with van der Waals surface area (Å²) in [5.74, 6) is -0.552. The Morgan fingerprint density at radius 1 is 1.17 bits per heavy atom. The van der Waals surface area contributed by atoms with E-state index in [9.17, 15) is 14.9 Å². The number of nitro groups is 1. The van der Waals surface area contributed by atoms with E-state index in [0.717, 1.165) is 22.9 Å². The van der Waals surface area contributed by atoms with Gasteiger partial charge in [-0.25, -0.2) is 10.4 Å². The molecule has 9 heteroatoms. The van der Waals surface area contributed by atoms with E-state index < -0.39 is 17.4 Å². The zero-order chi connectivity index (χ0) is 25.8. The fraction of sp³-hybridized carbons (Fsp3) is 0.346. The highest BCUT2D eigenvalue weighted by Gasteiger charge is 2.29. The van der Waals surface area contributed by atoms with Gasteiger partial charge in [-0.05, 0) is 41.0 Å². The van der Waals surface area contributed by atoms with Crippen LogP contribution in [0.2, 0.25) is 5.15 Å². The number of hydrogen-bond acceptors (Lipinski definition) is 6. The van der Waals surface area contributed by atoms with Gasteiger partial charge in [0.05, 0.1) is 16.7 Å². The molecule has 0 radical (unpaired) electrons. The molecular formula is C26H29ClN4O4. The Hall–Kier alpha value is -3.52. The molecule has 3 rings (SSSR count). The number of halogens is 1. The second-order valence-electron chi connectivity index (χ2n) is 10.2. The minimum atomic E-state index is -0.572. The zero-order valence-corrected chi connectivity index (χ0v) is 21.2. The number of ether oxygens (including phenoxy) is 1. The SMILES string of the molecule is CC(C)(C)CC(C)(C)c1ccc(OCC(=O)N/N=C/c2cc3ccccc3nc2Cl)c([N+](=O)[O-])c1. The van der Waals surface area contributed by atoms with Crippen molar-refractivity contribution in [1.29, 1.82) is 0 Å². The Kier molecular flexibility index (Phi) is 7.75. The number of fused-ring (bicyclic) bond motifs is 1. The third-order valence-electron chi connectivity index (χ3n) is 5.37. The largest absolute Gasteiger partial charge is 0.477 e. The number of hydrogen-bond donors (Lipinski definition) is 1. The van der Waals surface area contributed by atoms with E-state index in [4.69, 9.17) is 16.3 Å². The Morgan fingerprint density at radius 2 is 1.89 bits per heavy atom. The van der Waals surface area contributed by atoms with Crippen molar-refractivity contribution < 1.29 is 14.5 Å². The highest BCUT2D eigenvalue weighted by atomic mass is 35.5. The second-order valence-corrected chi connectivity index (χ2v) is 10.6. The molecule has 0 aliphatic rings. The molecule has 3 aromatic rings. The van der Waals surface area contributed by atoms with Crippen molar-refractivity contribution in [3.8, 4) is 5.75 Å². The van der Waals surface area contributed by atoms with Gasteiger partial charge >= 0.3 is 5.69 Å². The molecule has 0 atom stereocenters. The van der Waals surface area contributed by atoms with Crippen molar-refractivity contribution >= 4 is 40.3 Å². The van der Waals surface area contributed by atoms with Gasteiger partial charge in [-0.1, -0.05) is 70.5 Å². The van der Waals surface area contributed by atoms with Crippen LogP contribution in [-0.2, 0) is 10.2 Å². The molecule has 35 heavy (non-hydrogen) atoms. The molecule has 0 aliphatic carbocycles. The number of nitrogens with zero attached hydrogens (tertiary/aromatic N) is 3. The first kappa shape index (κ1) is 26.1. The fourth-order valence-corrected chi connectivity index (χ4v) is 4.37. The van der Waals surface area contributed by atoms with E-state index in [1.807, 2.05) is 30.3 Å². The number of nitrogens with one attached hydrogen (secondary N) is 1. The maximum Gasteiger partial charge on any atom is 0.311 e. The molecule has 0 aliphatic heterocycles. The van der Waals surface area contributed by atoms with Crippen molar-refractivity contribution in [1.82, 2.24) is 10.4 Å². The number of pyridine rings is 1. The van der Waals surface area contributed by atoms with E-state index in [0.29, 0.717) is 5.56 Å². The van der Waals surface area contributed by atoms with Gasteiger partial charge in [0.15, 0.2) is 12.4 Å². The number of rotatable bonds is 8. The lowest BCUT2D eigenvalue weighted by Crippen LogP contribution is -2.26. The summed E-state index contributed by atoms with van der Waals surface area (Å²) in [5.41, 5.74) is 4.06. The molecular weight excluding hydrogens is 468 g/mol. The van der Waals surface area contributed by atoms with Crippen molar-refractivity contribution in [3.63, 3.8) is 0 Å². The van der Waals surface area contributed by atoms with Gasteiger partial charge in [0, 0.05) is 17.0 Å². The number of amides is 1. The number of hydrazone groups is 1. The summed E-state index contributed by atoms with van der Waals surface area (Å²) >= 11 is 6.18. The van der Waals surface area contributed by atoms with Crippen LogP contribution in [0.5, 0.6) is 5.75 Å². The predicted molar refractivity (Wildman–Crippen MR) is 138 cm³/mol. The lowest BCUT2D eigenvalue weighted by Gasteiger charge is -2.33. The lowest BCUT2D eigenvalue weighted by atomic mass is 9.72. The average Bonchev–Trinajstić information content (AvgIpc) is 2.76. The minimum absolute atomic E-state index is 0.0196. The highest BCUT2D eigenvalue weighted by Crippen LogP contribution is 2.39. The van der Waals surface area contributed by atoms with Crippen LogP contribution in [0.3, 0.4) is 0 Å². The topological polar surface area (TPSA) is 107 Å². The van der Waals surface area contributed by atoms with Gasteiger partial charge in [0.25, 0.3) is 5.91 Å². The molecule has 1 heterocycles. The number of carbonyl (C=O) groups excluding carboxylic acids is 1. The van der Waals surface area contributed by atoms with Gasteiger partial charge < -0.3 is 4.74 Å². The van der Waals surface area contributed by atoms with Crippen molar-refractivity contribution in [3.05, 3.63) is 74.9 Å². The Labute approximate surface area is 209 Å². The average molecular weight is 497 g/mol. The Bertz CT molecular complexity index is 1280. The van der Waals surface area contributed by atoms with Crippen LogP contribution < -0.4 is 10.2 Å². The molecule has 0 unspecified atom stereocenters. The molecule has 184 valence electrons. The summed E-state index contributed by atoms with van der Waals surface area (Å²) in [6.45, 7) is 10.1. The summed E-state index contributed by atoms with van der Waals surface area (Å²) in [6, 6.07) is 14.2. The first-order chi connectivity index (χ1) is 16.4. The first-order valence-electron chi connectivity index (χ1n) is 11.1. The van der Waals surface area contributed by atoms with Crippen molar-refractivity contribution in [2.24, 2.45) is 10.5 Å². The monoisotopic (exact) mass is 496 g/mol. The summed E-state index contributed by atoms with van der Waals surface area (Å²) in [7, 11) is 0. The Morgan fingerprint density at radius 3 is 2.57 bits per heavy atom. The van der Waals surface area contributed by atoms with Crippen LogP contribution in [0.25, 0.3) is 10.9 Å². The van der Waals surface area contributed by atoms with E-state index in [-0.39, 0.29) is 27.4 Å². The lowest BCUT2D eigenvalue weighted by molar-refractivity contribution is -0.385. The molecule has 1 amide bonds. The van der Waals surface area contributed by atoms with E-state index >= 15 is 0 Å². The third-order valence-corrected chi connectivity index (χ3v) is 5.67. The van der Waals surface area contributed by atoms with Gasteiger partial charge in [0.1, 0.15) is 5.15 Å². The zero-order valence-electron chi connectivity index (χ0n) is 20.5. The maximum atomic E-state index is 12.2. The van der Waals surface area contributed by atoms with Crippen LogP contribution >= 0.6 is 11.6 Å². The molecule has 1 aromatic heterocycles. The highest BCUT2D eigenvalue weighted by molar-refractivity contribution is 6.32. The molecule has 8 nitrogen and oxygen atoms in total. The molecule has 0 spiro atoms. The Balaban J connectivity index is 1.66. The summed E-state index contributed by atoms with van der Waals surface area (Å²) < 4.78 is 5.45. The number of carbonyl (C=O) groups is 1. The molecule has 0 bridgehead atoms. The summed E-state index contributed by atoms with van der Waals surface area (Å²) in [6.07, 6.45) is 2.22. The normalized spacial score (nSPS) is 12.2. The van der Waals surface area contributed by atoms with Crippen LogP contribution in [0, 0.1) is 15.5 Å². The molecule has 0 saturated carbocycles. The van der Waals surface area contributed by atoms with Crippen LogP contribution in [0.15, 0.2) is 53.6 Å². The fourth-order valence-electron chi connectivity index (χ4n) is 4.18. The predicted octanol–water partition coefficient (Wildman–Crippen LogP) is 6.04. The van der Waals surface area contributed by atoms with E-state index in [1.54, 1.807) is 6.07 Å². The number of aromatic nitrogens is 1. The van der Waals surface area contributed by atoms with Gasteiger partial charge in [0.2, 0.25) is 0 Å². The van der Waals surface area contributed by atoms with Crippen LogP contribution in [0.1, 0.15) is 52.2 Å². The molecule has 2 aromatic carbocycles. The van der Waals surface area contributed by atoms with E-state index in [1.165, 1.54) is 18.3 Å². The van der Waals surface area contributed by atoms with Crippen LogP contribution in [0.4, 0.5) is 5.69 Å². The maximum absolute atomic E-state index is 12.2. The number of nitro benzene ring substituents is 1. The van der Waals surface area contributed by atoms with Gasteiger partial charge in [-0.15, -0.1) is 0 Å². The summed E-state index contributed by atoms with van der Waals surface area (Å²) in [5, 5.41) is 16.7. The summed E-state index contributed by atoms with van der Waals surface area (Å²) in [4.78, 5) is 27.7. The van der Waals surface area contributed by atoms with Gasteiger partial charge in [-0.3, -0.25) is 14.9 Å². The minimum Gasteiger partial charge on any atom is -0.477 e. The van der Waals surface area contributed by atoms with Crippen molar-refractivity contribution in [2.45, 2.75) is 46.5 Å². The molecule has 1 N–H and O–H groups in total. The first-order valence-corrected chi connectivity index (χ1v) is 11.5. The number of benzene rings is 2. The standard InChI is InChI=1S/C26H29ClN4O4/c1-25(2,3)16-26(4,5)19-10-11-22(21(13-19)31(33)34)35-15-23(32)30-28-14-18-12-17-8-6-7-9-20(17)29-24(18)27/h6-14H,15-16H2,1-5H3,(H,30,32)/b28-14+. The van der Waals surface area contributed by atoms with Crippen molar-refractivity contribution in [2.75, 3.05) is 6.61 Å². The smallest absolute Gasteiger partial charge is 0.311 e. The van der Waals surface area contributed by atoms with Gasteiger partial charge in [-0.2, -0.15) is 5.10 Å². The van der Waals surface area contributed by atoms with Crippen LogP contribution in [-0.4, -0.2) is 28.6 Å². The molecule has 0 fully saturated rings. The quantitative estimate of drug-likeness (QED) is 0.177. The van der Waals surface area contributed by atoms with E-state index in [2.05, 4.69) is 50.1 Å². The third kappa shape index (κ3) is 6.99. The number of para-hydroxylation sites is 1. The second kappa shape index (κ2) is 10.4. The molecule has 0 saturated heterocycles.